The fraction of sp³-hybridized carbons (Fsp3) is 0.846. The minimum Gasteiger partial charge on any atom is -0.465 e. The van der Waals surface area contributed by atoms with Crippen molar-refractivity contribution in [3.63, 3.8) is 0 Å². The lowest BCUT2D eigenvalue weighted by Gasteiger charge is -2.29. The number of alkyl halides is 3. The monoisotopic (exact) mass is 393 g/mol. The molecule has 0 aliphatic heterocycles. The van der Waals surface area contributed by atoms with E-state index in [-0.39, 0.29) is 19.8 Å². The van der Waals surface area contributed by atoms with Crippen LogP contribution in [0, 0.1) is 0 Å². The van der Waals surface area contributed by atoms with Crippen LogP contribution in [0.4, 0.5) is 13.2 Å². The largest absolute Gasteiger partial charge is 0.471 e. The minimum atomic E-state index is -5.14. The van der Waals surface area contributed by atoms with Crippen LogP contribution in [0.25, 0.3) is 0 Å². The van der Waals surface area contributed by atoms with E-state index in [1.165, 1.54) is 6.92 Å². The molecule has 6 nitrogen and oxygen atoms in total. The van der Waals surface area contributed by atoms with Crippen molar-refractivity contribution < 1.29 is 36.5 Å². The summed E-state index contributed by atoms with van der Waals surface area (Å²) in [5, 5.41) is 0. The van der Waals surface area contributed by atoms with Crippen LogP contribution in [0.1, 0.15) is 33.6 Å². The average Bonchev–Trinajstić information content (AvgIpc) is 2.49. The van der Waals surface area contributed by atoms with Gasteiger partial charge in [-0.15, -0.1) is 0 Å². The fourth-order valence-electron chi connectivity index (χ4n) is 1.52. The SMILES string of the molecule is CCCOP(=S)(CN(CC(=O)OCC)C(=O)C(F)(F)F)OCCC. The van der Waals surface area contributed by atoms with E-state index in [0.717, 1.165) is 0 Å². The second-order valence-electron chi connectivity index (χ2n) is 4.72. The van der Waals surface area contributed by atoms with E-state index in [9.17, 15) is 22.8 Å². The lowest BCUT2D eigenvalue weighted by molar-refractivity contribution is -0.186. The van der Waals surface area contributed by atoms with Gasteiger partial charge >= 0.3 is 18.1 Å². The highest BCUT2D eigenvalue weighted by Gasteiger charge is 2.44. The molecule has 11 heteroatoms. The quantitative estimate of drug-likeness (QED) is 0.397. The first-order chi connectivity index (χ1) is 11.1. The van der Waals surface area contributed by atoms with E-state index in [4.69, 9.17) is 20.9 Å². The van der Waals surface area contributed by atoms with Gasteiger partial charge in [0.15, 0.2) is 0 Å². The first-order valence-electron chi connectivity index (χ1n) is 7.49. The Morgan fingerprint density at radius 3 is 1.96 bits per heavy atom. The molecule has 24 heavy (non-hydrogen) atoms. The van der Waals surface area contributed by atoms with E-state index in [1.54, 1.807) is 13.8 Å². The summed E-state index contributed by atoms with van der Waals surface area (Å²) in [7, 11) is 0. The zero-order valence-electron chi connectivity index (χ0n) is 13.9. The molecule has 0 aliphatic carbocycles. The molecule has 0 heterocycles. The highest BCUT2D eigenvalue weighted by atomic mass is 32.5. The molecule has 0 rings (SSSR count). The lowest BCUT2D eigenvalue weighted by atomic mass is 10.5. The van der Waals surface area contributed by atoms with Gasteiger partial charge in [0, 0.05) is 0 Å². The van der Waals surface area contributed by atoms with Crippen LogP contribution < -0.4 is 0 Å². The highest BCUT2D eigenvalue weighted by Crippen LogP contribution is 2.49. The molecule has 0 unspecified atom stereocenters. The number of hydrogen-bond acceptors (Lipinski definition) is 6. The topological polar surface area (TPSA) is 65.1 Å². The summed E-state index contributed by atoms with van der Waals surface area (Å²) in [5.74, 6) is -3.13. The predicted molar refractivity (Wildman–Crippen MR) is 86.0 cm³/mol. The van der Waals surface area contributed by atoms with Crippen molar-refractivity contribution in [2.45, 2.75) is 39.8 Å². The summed E-state index contributed by atoms with van der Waals surface area (Å²) in [5.41, 5.74) is 0. The maximum atomic E-state index is 12.8. The van der Waals surface area contributed by atoms with Crippen LogP contribution in [-0.2, 0) is 35.2 Å². The molecular weight excluding hydrogens is 370 g/mol. The Bertz CT molecular complexity index is 449. The zero-order chi connectivity index (χ0) is 18.8. The van der Waals surface area contributed by atoms with Gasteiger partial charge in [0.25, 0.3) is 0 Å². The molecule has 0 radical (unpaired) electrons. The van der Waals surface area contributed by atoms with Gasteiger partial charge in [-0.05, 0) is 31.6 Å². The molecular formula is C13H23F3NO5PS. The number of esters is 1. The maximum absolute atomic E-state index is 12.8. The molecule has 142 valence electrons. The summed E-state index contributed by atoms with van der Waals surface area (Å²) in [4.78, 5) is 23.4. The van der Waals surface area contributed by atoms with Crippen LogP contribution >= 0.6 is 6.49 Å². The van der Waals surface area contributed by atoms with Crippen molar-refractivity contribution in [2.24, 2.45) is 0 Å². The van der Waals surface area contributed by atoms with Crippen molar-refractivity contribution in [1.29, 1.82) is 0 Å². The molecule has 0 aromatic rings. The minimum absolute atomic E-state index is 0.0142. The summed E-state index contributed by atoms with van der Waals surface area (Å²) < 4.78 is 53.7. The van der Waals surface area contributed by atoms with E-state index >= 15 is 0 Å². The molecule has 0 aliphatic rings. The standard InChI is InChI=1S/C13H23F3NO5PS/c1-4-7-21-23(24,22-8-5-2)10-17(9-11(18)20-6-3)12(19)13(14,15)16/h4-10H2,1-3H3. The van der Waals surface area contributed by atoms with E-state index < -0.39 is 37.4 Å². The van der Waals surface area contributed by atoms with Gasteiger partial charge < -0.3 is 18.7 Å². The lowest BCUT2D eigenvalue weighted by Crippen LogP contribution is -2.44. The van der Waals surface area contributed by atoms with E-state index in [2.05, 4.69) is 4.74 Å². The smallest absolute Gasteiger partial charge is 0.465 e. The maximum Gasteiger partial charge on any atom is 0.471 e. The van der Waals surface area contributed by atoms with Gasteiger partial charge in [0.2, 0.25) is 6.49 Å². The number of carbonyl (C=O) groups is 2. The zero-order valence-corrected chi connectivity index (χ0v) is 15.6. The van der Waals surface area contributed by atoms with Gasteiger partial charge in [-0.1, -0.05) is 13.8 Å². The number of hydrogen-bond donors (Lipinski definition) is 0. The molecule has 0 fully saturated rings. The van der Waals surface area contributed by atoms with E-state index in [1.807, 2.05) is 0 Å². The third-order valence-electron chi connectivity index (χ3n) is 2.48. The molecule has 1 amide bonds. The molecule has 0 atom stereocenters. The van der Waals surface area contributed by atoms with Crippen molar-refractivity contribution in [3.05, 3.63) is 0 Å². The predicted octanol–water partition coefficient (Wildman–Crippen LogP) is 3.06. The van der Waals surface area contributed by atoms with Crippen molar-refractivity contribution in [1.82, 2.24) is 4.90 Å². The Balaban J connectivity index is 5.31. The molecule has 0 aromatic heterocycles. The fourth-order valence-corrected chi connectivity index (χ4v) is 4.19. The van der Waals surface area contributed by atoms with Gasteiger partial charge in [-0.2, -0.15) is 13.2 Å². The van der Waals surface area contributed by atoms with Crippen molar-refractivity contribution in [3.8, 4) is 0 Å². The molecule has 0 N–H and O–H groups in total. The van der Waals surface area contributed by atoms with E-state index in [0.29, 0.717) is 17.7 Å². The van der Waals surface area contributed by atoms with Crippen molar-refractivity contribution in [2.75, 3.05) is 32.7 Å². The molecule has 0 bridgehead atoms. The first-order valence-corrected chi connectivity index (χ1v) is 10.3. The van der Waals surface area contributed by atoms with Crippen LogP contribution in [-0.4, -0.2) is 55.6 Å². The third-order valence-corrected chi connectivity index (χ3v) is 5.30. The van der Waals surface area contributed by atoms with Gasteiger partial charge in [-0.25, -0.2) is 0 Å². The Labute approximate surface area is 144 Å². The second-order valence-corrected chi connectivity index (χ2v) is 8.41. The summed E-state index contributed by atoms with van der Waals surface area (Å²) >= 11 is 5.22. The molecule has 0 aromatic carbocycles. The Hall–Kier alpha value is -0.700. The van der Waals surface area contributed by atoms with Gasteiger partial charge in [0.05, 0.1) is 26.1 Å². The molecule has 0 spiro atoms. The number of nitrogens with zero attached hydrogens (tertiary/aromatic N) is 1. The third kappa shape index (κ3) is 8.96. The van der Waals surface area contributed by atoms with Crippen LogP contribution in [0.5, 0.6) is 0 Å². The van der Waals surface area contributed by atoms with Crippen LogP contribution in [0.15, 0.2) is 0 Å². The van der Waals surface area contributed by atoms with Gasteiger partial charge in [0.1, 0.15) is 6.54 Å². The number of rotatable bonds is 11. The van der Waals surface area contributed by atoms with Crippen molar-refractivity contribution >= 4 is 30.2 Å². The normalized spacial score (nSPS) is 12.1. The number of carbonyl (C=O) groups excluding carboxylic acids is 2. The summed E-state index contributed by atoms with van der Waals surface area (Å²) in [6, 6.07) is 0. The summed E-state index contributed by atoms with van der Waals surface area (Å²) in [6.07, 6.45) is -4.58. The highest BCUT2D eigenvalue weighted by molar-refractivity contribution is 8.09. The Morgan fingerprint density at radius 1 is 1.08 bits per heavy atom. The number of halogens is 3. The molecule has 0 saturated carbocycles. The number of amides is 1. The number of ether oxygens (including phenoxy) is 1. The van der Waals surface area contributed by atoms with Crippen LogP contribution in [0.2, 0.25) is 0 Å². The average molecular weight is 393 g/mol. The Kier molecular flexibility index (Phi) is 10.7. The first kappa shape index (κ1) is 23.3. The Morgan fingerprint density at radius 2 is 1.58 bits per heavy atom. The molecule has 0 saturated heterocycles. The van der Waals surface area contributed by atoms with Crippen LogP contribution in [0.3, 0.4) is 0 Å². The summed E-state index contributed by atoms with van der Waals surface area (Å²) in [6.45, 7) is 1.43. The second kappa shape index (κ2) is 11.0. The van der Waals surface area contributed by atoms with Gasteiger partial charge in [-0.3, -0.25) is 9.59 Å².